The molecule has 0 fully saturated rings. The molecule has 0 aliphatic rings. The minimum Gasteiger partial charge on any atom is -0.497 e. The third-order valence-electron chi connectivity index (χ3n) is 3.05. The van der Waals surface area contributed by atoms with Crippen LogP contribution >= 0.6 is 0 Å². The normalized spacial score (nSPS) is 11.3. The van der Waals surface area contributed by atoms with Gasteiger partial charge in [-0.2, -0.15) is 5.26 Å². The van der Waals surface area contributed by atoms with Gasteiger partial charge in [0, 0.05) is 5.56 Å². The number of nitrogens with one attached hydrogen (secondary N) is 1. The first-order chi connectivity index (χ1) is 10.2. The number of anilines is 1. The standard InChI is InChI=1S/C15H16N4O2/c1-10(17-15-7-4-11(9-16)18-19-15)13-8-12(20-2)5-6-14(13)21-3/h4-8,10H,1-3H3,(H,17,19). The Labute approximate surface area is 123 Å². The van der Waals surface area contributed by atoms with Crippen LogP contribution < -0.4 is 14.8 Å². The van der Waals surface area contributed by atoms with Crippen molar-refractivity contribution in [3.8, 4) is 17.6 Å². The van der Waals surface area contributed by atoms with E-state index in [0.29, 0.717) is 5.82 Å². The number of ether oxygens (including phenoxy) is 2. The van der Waals surface area contributed by atoms with Crippen LogP contribution in [0.3, 0.4) is 0 Å². The second-order valence-corrected chi connectivity index (χ2v) is 4.39. The monoisotopic (exact) mass is 284 g/mol. The summed E-state index contributed by atoms with van der Waals surface area (Å²) in [6.45, 7) is 1.98. The zero-order chi connectivity index (χ0) is 15.2. The van der Waals surface area contributed by atoms with Crippen molar-refractivity contribution in [1.29, 1.82) is 5.26 Å². The van der Waals surface area contributed by atoms with E-state index in [1.165, 1.54) is 0 Å². The number of nitrogens with zero attached hydrogens (tertiary/aromatic N) is 3. The Kier molecular flexibility index (Phi) is 4.57. The zero-order valence-electron chi connectivity index (χ0n) is 12.1. The van der Waals surface area contributed by atoms with Crippen LogP contribution in [0.4, 0.5) is 5.82 Å². The maximum Gasteiger partial charge on any atom is 0.163 e. The highest BCUT2D eigenvalue weighted by atomic mass is 16.5. The van der Waals surface area contributed by atoms with Gasteiger partial charge in [0.1, 0.15) is 23.4 Å². The van der Waals surface area contributed by atoms with E-state index in [-0.39, 0.29) is 11.7 Å². The summed E-state index contributed by atoms with van der Waals surface area (Å²) in [5, 5.41) is 19.7. The van der Waals surface area contributed by atoms with Gasteiger partial charge in [0.2, 0.25) is 0 Å². The molecule has 0 bridgehead atoms. The van der Waals surface area contributed by atoms with Gasteiger partial charge in [0.15, 0.2) is 5.69 Å². The Morgan fingerprint density at radius 2 is 1.95 bits per heavy atom. The second kappa shape index (κ2) is 6.57. The number of rotatable bonds is 5. The minimum atomic E-state index is -0.0581. The lowest BCUT2D eigenvalue weighted by Crippen LogP contribution is -2.10. The molecule has 21 heavy (non-hydrogen) atoms. The molecule has 1 aromatic carbocycles. The highest BCUT2D eigenvalue weighted by Crippen LogP contribution is 2.30. The van der Waals surface area contributed by atoms with Gasteiger partial charge in [-0.15, -0.1) is 10.2 Å². The van der Waals surface area contributed by atoms with E-state index in [2.05, 4.69) is 15.5 Å². The molecule has 0 spiro atoms. The molecule has 2 aromatic rings. The van der Waals surface area contributed by atoms with Gasteiger partial charge >= 0.3 is 0 Å². The third-order valence-corrected chi connectivity index (χ3v) is 3.05. The lowest BCUT2D eigenvalue weighted by molar-refractivity contribution is 0.397. The fourth-order valence-electron chi connectivity index (χ4n) is 1.95. The molecule has 0 aliphatic carbocycles. The fourth-order valence-corrected chi connectivity index (χ4v) is 1.95. The maximum absolute atomic E-state index is 8.71. The molecule has 0 aliphatic heterocycles. The van der Waals surface area contributed by atoms with Crippen LogP contribution in [0, 0.1) is 11.3 Å². The van der Waals surface area contributed by atoms with Crippen molar-refractivity contribution in [2.45, 2.75) is 13.0 Å². The van der Waals surface area contributed by atoms with Crippen LogP contribution in [-0.2, 0) is 0 Å². The Balaban J connectivity index is 2.22. The van der Waals surface area contributed by atoms with Gasteiger partial charge in [-0.3, -0.25) is 0 Å². The smallest absolute Gasteiger partial charge is 0.163 e. The third kappa shape index (κ3) is 3.39. The van der Waals surface area contributed by atoms with Crippen LogP contribution in [-0.4, -0.2) is 24.4 Å². The van der Waals surface area contributed by atoms with E-state index in [9.17, 15) is 0 Å². The molecular weight excluding hydrogens is 268 g/mol. The van der Waals surface area contributed by atoms with E-state index in [4.69, 9.17) is 14.7 Å². The van der Waals surface area contributed by atoms with Gasteiger partial charge in [0.25, 0.3) is 0 Å². The number of benzene rings is 1. The molecule has 0 amide bonds. The van der Waals surface area contributed by atoms with E-state index < -0.39 is 0 Å². The number of aromatic nitrogens is 2. The quantitative estimate of drug-likeness (QED) is 0.908. The Morgan fingerprint density at radius 3 is 2.52 bits per heavy atom. The van der Waals surface area contributed by atoms with E-state index >= 15 is 0 Å². The highest BCUT2D eigenvalue weighted by Gasteiger charge is 2.13. The van der Waals surface area contributed by atoms with Crippen LogP contribution in [0.2, 0.25) is 0 Å². The predicted octanol–water partition coefficient (Wildman–Crippen LogP) is 2.54. The summed E-state index contributed by atoms with van der Waals surface area (Å²) in [5.41, 5.74) is 1.23. The Bertz CT molecular complexity index is 650. The first-order valence-corrected chi connectivity index (χ1v) is 6.40. The van der Waals surface area contributed by atoms with Gasteiger partial charge in [-0.1, -0.05) is 0 Å². The predicted molar refractivity (Wildman–Crippen MR) is 78.3 cm³/mol. The summed E-state index contributed by atoms with van der Waals surface area (Å²) in [7, 11) is 3.25. The van der Waals surface area contributed by atoms with Crippen molar-refractivity contribution in [3.63, 3.8) is 0 Å². The van der Waals surface area contributed by atoms with Crippen LogP contribution in [0.1, 0.15) is 24.2 Å². The Morgan fingerprint density at radius 1 is 1.14 bits per heavy atom. The Hall–Kier alpha value is -2.81. The molecule has 6 nitrogen and oxygen atoms in total. The molecule has 1 heterocycles. The number of nitriles is 1. The summed E-state index contributed by atoms with van der Waals surface area (Å²) in [6, 6.07) is 10.8. The summed E-state index contributed by atoms with van der Waals surface area (Å²) >= 11 is 0. The summed E-state index contributed by atoms with van der Waals surface area (Å²) in [6.07, 6.45) is 0. The molecule has 6 heteroatoms. The average molecular weight is 284 g/mol. The summed E-state index contributed by atoms with van der Waals surface area (Å²) in [5.74, 6) is 2.11. The molecule has 0 radical (unpaired) electrons. The summed E-state index contributed by atoms with van der Waals surface area (Å²) in [4.78, 5) is 0. The molecule has 108 valence electrons. The molecule has 1 unspecified atom stereocenters. The highest BCUT2D eigenvalue weighted by molar-refractivity contribution is 5.46. The molecule has 1 aromatic heterocycles. The van der Waals surface area contributed by atoms with Crippen molar-refractivity contribution < 1.29 is 9.47 Å². The molecule has 2 rings (SSSR count). The molecule has 0 saturated carbocycles. The zero-order valence-corrected chi connectivity index (χ0v) is 12.1. The molecule has 1 N–H and O–H groups in total. The largest absolute Gasteiger partial charge is 0.497 e. The van der Waals surface area contributed by atoms with Crippen molar-refractivity contribution in [2.24, 2.45) is 0 Å². The van der Waals surface area contributed by atoms with Gasteiger partial charge < -0.3 is 14.8 Å². The van der Waals surface area contributed by atoms with E-state index in [0.717, 1.165) is 17.1 Å². The van der Waals surface area contributed by atoms with Crippen molar-refractivity contribution in [2.75, 3.05) is 19.5 Å². The van der Waals surface area contributed by atoms with Gasteiger partial charge in [0.05, 0.1) is 20.3 Å². The van der Waals surface area contributed by atoms with Crippen molar-refractivity contribution >= 4 is 5.82 Å². The molecule has 1 atom stereocenters. The van der Waals surface area contributed by atoms with Crippen molar-refractivity contribution in [3.05, 3.63) is 41.6 Å². The topological polar surface area (TPSA) is 80.1 Å². The SMILES string of the molecule is COc1ccc(OC)c(C(C)Nc2ccc(C#N)nn2)c1. The molecular formula is C15H16N4O2. The maximum atomic E-state index is 8.71. The fraction of sp³-hybridized carbons (Fsp3) is 0.267. The second-order valence-electron chi connectivity index (χ2n) is 4.39. The lowest BCUT2D eigenvalue weighted by Gasteiger charge is -2.18. The number of methoxy groups -OCH3 is 2. The summed E-state index contributed by atoms with van der Waals surface area (Å²) < 4.78 is 10.6. The minimum absolute atomic E-state index is 0.0581. The van der Waals surface area contributed by atoms with Crippen molar-refractivity contribution in [1.82, 2.24) is 10.2 Å². The van der Waals surface area contributed by atoms with Crippen LogP contribution in [0.25, 0.3) is 0 Å². The average Bonchev–Trinajstić information content (AvgIpc) is 2.54. The van der Waals surface area contributed by atoms with Crippen LogP contribution in [0.15, 0.2) is 30.3 Å². The molecule has 0 saturated heterocycles. The van der Waals surface area contributed by atoms with Gasteiger partial charge in [-0.05, 0) is 37.3 Å². The first kappa shape index (κ1) is 14.6. The van der Waals surface area contributed by atoms with E-state index in [1.54, 1.807) is 26.4 Å². The van der Waals surface area contributed by atoms with E-state index in [1.807, 2.05) is 31.2 Å². The number of hydrogen-bond donors (Lipinski definition) is 1. The van der Waals surface area contributed by atoms with Gasteiger partial charge in [-0.25, -0.2) is 0 Å². The number of hydrogen-bond acceptors (Lipinski definition) is 6. The lowest BCUT2D eigenvalue weighted by atomic mass is 10.1. The first-order valence-electron chi connectivity index (χ1n) is 6.40. The van der Waals surface area contributed by atoms with Crippen LogP contribution in [0.5, 0.6) is 11.5 Å².